The van der Waals surface area contributed by atoms with Crippen LogP contribution < -0.4 is 0 Å². The van der Waals surface area contributed by atoms with E-state index in [1.165, 1.54) is 4.31 Å². The van der Waals surface area contributed by atoms with E-state index in [9.17, 15) is 13.2 Å². The number of rotatable bonds is 6. The summed E-state index contributed by atoms with van der Waals surface area (Å²) in [4.78, 5) is 16.0. The standard InChI is InChI=1S/C18H29N3O3S/c1-5-15(2)16-6-8-17(9-7-16)25(23,24)21-12-10-20(11-13-21)18(22)14-19(3)4/h6-9,15H,5,10-14H2,1-4H3/t15-/m1/s1. The Labute approximate surface area is 151 Å². The first-order valence-electron chi connectivity index (χ1n) is 8.78. The minimum Gasteiger partial charge on any atom is -0.339 e. The maximum atomic E-state index is 12.8. The van der Waals surface area contributed by atoms with Crippen molar-refractivity contribution in [3.63, 3.8) is 0 Å². The smallest absolute Gasteiger partial charge is 0.243 e. The molecule has 1 aromatic rings. The van der Waals surface area contributed by atoms with Gasteiger partial charge in [-0.05, 0) is 44.1 Å². The summed E-state index contributed by atoms with van der Waals surface area (Å²) in [5, 5.41) is 0. The highest BCUT2D eigenvalue weighted by Crippen LogP contribution is 2.23. The van der Waals surface area contributed by atoms with Gasteiger partial charge in [0.05, 0.1) is 11.4 Å². The molecule has 0 unspecified atom stereocenters. The highest BCUT2D eigenvalue weighted by atomic mass is 32.2. The summed E-state index contributed by atoms with van der Waals surface area (Å²) in [5.74, 6) is 0.461. The van der Waals surface area contributed by atoms with Gasteiger partial charge in [-0.3, -0.25) is 4.79 Å². The van der Waals surface area contributed by atoms with E-state index in [0.717, 1.165) is 12.0 Å². The van der Waals surface area contributed by atoms with Gasteiger partial charge in [-0.2, -0.15) is 4.31 Å². The molecule has 1 aromatic carbocycles. The van der Waals surface area contributed by atoms with Crippen molar-refractivity contribution in [3.05, 3.63) is 29.8 Å². The van der Waals surface area contributed by atoms with Crippen LogP contribution in [0.3, 0.4) is 0 Å². The van der Waals surface area contributed by atoms with Gasteiger partial charge < -0.3 is 9.80 Å². The van der Waals surface area contributed by atoms with Crippen LogP contribution in [0.25, 0.3) is 0 Å². The second kappa shape index (κ2) is 8.29. The molecule has 2 rings (SSSR count). The van der Waals surface area contributed by atoms with Crippen molar-refractivity contribution in [2.75, 3.05) is 46.8 Å². The summed E-state index contributed by atoms with van der Waals surface area (Å²) in [5.41, 5.74) is 1.15. The van der Waals surface area contributed by atoms with Crippen LogP contribution in [-0.2, 0) is 14.8 Å². The van der Waals surface area contributed by atoms with Crippen LogP contribution in [-0.4, -0.2) is 75.2 Å². The van der Waals surface area contributed by atoms with Crippen LogP contribution in [0.2, 0.25) is 0 Å². The van der Waals surface area contributed by atoms with Crippen molar-refractivity contribution >= 4 is 15.9 Å². The first-order valence-corrected chi connectivity index (χ1v) is 10.2. The normalized spacial score (nSPS) is 17.7. The van der Waals surface area contributed by atoms with E-state index in [2.05, 4.69) is 13.8 Å². The lowest BCUT2D eigenvalue weighted by atomic mass is 9.99. The molecule has 0 spiro atoms. The molecule has 0 bridgehead atoms. The average Bonchev–Trinajstić information content (AvgIpc) is 2.60. The average molecular weight is 368 g/mol. The molecule has 0 saturated carbocycles. The number of nitrogens with zero attached hydrogens (tertiary/aromatic N) is 3. The first-order chi connectivity index (χ1) is 11.8. The van der Waals surface area contributed by atoms with E-state index in [0.29, 0.717) is 43.5 Å². The van der Waals surface area contributed by atoms with Crippen LogP contribution in [0.4, 0.5) is 0 Å². The van der Waals surface area contributed by atoms with E-state index in [1.807, 2.05) is 31.1 Å². The molecular formula is C18H29N3O3S. The van der Waals surface area contributed by atoms with E-state index < -0.39 is 10.0 Å². The first kappa shape index (κ1) is 19.9. The maximum Gasteiger partial charge on any atom is 0.243 e. The van der Waals surface area contributed by atoms with E-state index in [1.54, 1.807) is 17.0 Å². The van der Waals surface area contributed by atoms with Gasteiger partial charge in [-0.15, -0.1) is 0 Å². The molecule has 0 aliphatic carbocycles. The van der Waals surface area contributed by atoms with Gasteiger partial charge in [0, 0.05) is 26.2 Å². The molecule has 1 aliphatic heterocycles. The minimum atomic E-state index is -3.50. The Kier molecular flexibility index (Phi) is 6.59. The van der Waals surface area contributed by atoms with E-state index in [4.69, 9.17) is 0 Å². The summed E-state index contributed by atoms with van der Waals surface area (Å²) in [7, 11) is 0.199. The fraction of sp³-hybridized carbons (Fsp3) is 0.611. The number of amides is 1. The molecule has 0 radical (unpaired) electrons. The lowest BCUT2D eigenvalue weighted by Crippen LogP contribution is -2.52. The molecule has 25 heavy (non-hydrogen) atoms. The van der Waals surface area contributed by atoms with Crippen molar-refractivity contribution in [2.24, 2.45) is 0 Å². The molecule has 1 aliphatic rings. The van der Waals surface area contributed by atoms with E-state index in [-0.39, 0.29) is 5.91 Å². The molecule has 7 heteroatoms. The Morgan fingerprint density at radius 3 is 2.16 bits per heavy atom. The Bertz CT molecular complexity index is 678. The molecule has 1 heterocycles. The lowest BCUT2D eigenvalue weighted by Gasteiger charge is -2.34. The number of likely N-dealkylation sites (N-methyl/N-ethyl adjacent to an activating group) is 1. The summed E-state index contributed by atoms with van der Waals surface area (Å²) < 4.78 is 27.1. The summed E-state index contributed by atoms with van der Waals surface area (Å²) in [6.07, 6.45) is 1.02. The molecule has 1 saturated heterocycles. The monoisotopic (exact) mass is 367 g/mol. The highest BCUT2D eigenvalue weighted by molar-refractivity contribution is 7.89. The van der Waals surface area contributed by atoms with Crippen molar-refractivity contribution < 1.29 is 13.2 Å². The predicted octanol–water partition coefficient (Wildman–Crippen LogP) is 1.59. The van der Waals surface area contributed by atoms with Crippen molar-refractivity contribution in [1.82, 2.24) is 14.1 Å². The quantitative estimate of drug-likeness (QED) is 0.766. The maximum absolute atomic E-state index is 12.8. The second-order valence-electron chi connectivity index (χ2n) is 6.90. The van der Waals surface area contributed by atoms with Gasteiger partial charge in [0.15, 0.2) is 0 Å². The van der Waals surface area contributed by atoms with Crippen LogP contribution in [0.15, 0.2) is 29.2 Å². The second-order valence-corrected chi connectivity index (χ2v) is 8.84. The molecule has 1 atom stereocenters. The number of carbonyl (C=O) groups is 1. The molecule has 0 N–H and O–H groups in total. The van der Waals surface area contributed by atoms with Gasteiger partial charge in [-0.1, -0.05) is 26.0 Å². The number of hydrogen-bond acceptors (Lipinski definition) is 4. The molecule has 0 aromatic heterocycles. The number of sulfonamides is 1. The summed E-state index contributed by atoms with van der Waals surface area (Å²) >= 11 is 0. The Morgan fingerprint density at radius 2 is 1.68 bits per heavy atom. The number of benzene rings is 1. The predicted molar refractivity (Wildman–Crippen MR) is 99.0 cm³/mol. The number of hydrogen-bond donors (Lipinski definition) is 0. The van der Waals surface area contributed by atoms with Gasteiger partial charge >= 0.3 is 0 Å². The topological polar surface area (TPSA) is 60.9 Å². The highest BCUT2D eigenvalue weighted by Gasteiger charge is 2.30. The third-order valence-electron chi connectivity index (χ3n) is 4.74. The molecular weight excluding hydrogens is 338 g/mol. The zero-order valence-electron chi connectivity index (χ0n) is 15.6. The van der Waals surface area contributed by atoms with Gasteiger partial charge in [0.25, 0.3) is 0 Å². The van der Waals surface area contributed by atoms with E-state index >= 15 is 0 Å². The zero-order valence-corrected chi connectivity index (χ0v) is 16.4. The van der Waals surface area contributed by atoms with Crippen molar-refractivity contribution in [2.45, 2.75) is 31.1 Å². The fourth-order valence-electron chi connectivity index (χ4n) is 2.90. The summed E-state index contributed by atoms with van der Waals surface area (Å²) in [6, 6.07) is 7.19. The van der Waals surface area contributed by atoms with Crippen LogP contribution in [0.1, 0.15) is 31.7 Å². The SMILES string of the molecule is CC[C@@H](C)c1ccc(S(=O)(=O)N2CCN(C(=O)CN(C)C)CC2)cc1. The van der Waals surface area contributed by atoms with Crippen LogP contribution in [0, 0.1) is 0 Å². The number of piperazine rings is 1. The third-order valence-corrected chi connectivity index (χ3v) is 6.65. The summed E-state index contributed by atoms with van der Waals surface area (Å²) in [6.45, 7) is 6.17. The lowest BCUT2D eigenvalue weighted by molar-refractivity contribution is -0.133. The van der Waals surface area contributed by atoms with Crippen molar-refractivity contribution in [3.8, 4) is 0 Å². The van der Waals surface area contributed by atoms with Crippen LogP contribution >= 0.6 is 0 Å². The van der Waals surface area contributed by atoms with Gasteiger partial charge in [0.1, 0.15) is 0 Å². The Morgan fingerprint density at radius 1 is 1.12 bits per heavy atom. The molecule has 1 amide bonds. The molecule has 6 nitrogen and oxygen atoms in total. The number of carbonyl (C=O) groups excluding carboxylic acids is 1. The van der Waals surface area contributed by atoms with Crippen molar-refractivity contribution in [1.29, 1.82) is 0 Å². The van der Waals surface area contributed by atoms with Crippen LogP contribution in [0.5, 0.6) is 0 Å². The zero-order chi connectivity index (χ0) is 18.6. The van der Waals surface area contributed by atoms with Gasteiger partial charge in [-0.25, -0.2) is 8.42 Å². The fourth-order valence-corrected chi connectivity index (χ4v) is 4.32. The largest absolute Gasteiger partial charge is 0.339 e. The molecule has 140 valence electrons. The molecule has 1 fully saturated rings. The Balaban J connectivity index is 2.03. The van der Waals surface area contributed by atoms with Gasteiger partial charge in [0.2, 0.25) is 15.9 Å². The Hall–Kier alpha value is -1.44. The third kappa shape index (κ3) is 4.80. The minimum absolute atomic E-state index is 0.0416.